The summed E-state index contributed by atoms with van der Waals surface area (Å²) in [5.41, 5.74) is 2.34. The van der Waals surface area contributed by atoms with E-state index in [1.807, 2.05) is 13.0 Å². The summed E-state index contributed by atoms with van der Waals surface area (Å²) in [5.74, 6) is 0.523. The molecule has 112 valence electrons. The number of H-pyrrole nitrogens is 1. The van der Waals surface area contributed by atoms with E-state index < -0.39 is 0 Å². The summed E-state index contributed by atoms with van der Waals surface area (Å²) >= 11 is 0. The van der Waals surface area contributed by atoms with Gasteiger partial charge >= 0.3 is 0 Å². The molecule has 0 radical (unpaired) electrons. The second-order valence-corrected chi connectivity index (χ2v) is 5.88. The maximum absolute atomic E-state index is 11.4. The minimum absolute atomic E-state index is 0.000809. The molecule has 0 saturated heterocycles. The van der Waals surface area contributed by atoms with Crippen LogP contribution in [-0.4, -0.2) is 24.2 Å². The van der Waals surface area contributed by atoms with E-state index in [4.69, 9.17) is 4.74 Å². The topological polar surface area (TPSA) is 54.1 Å². The maximum Gasteiger partial charge on any atom is 0.248 e. The van der Waals surface area contributed by atoms with Crippen molar-refractivity contribution in [2.45, 2.75) is 52.1 Å². The molecule has 1 aromatic rings. The van der Waals surface area contributed by atoms with E-state index in [0.717, 1.165) is 38.2 Å². The minimum atomic E-state index is -0.000809. The summed E-state index contributed by atoms with van der Waals surface area (Å²) in [6.07, 6.45) is 3.21. The Hall–Kier alpha value is -1.13. The van der Waals surface area contributed by atoms with E-state index in [1.165, 1.54) is 5.56 Å². The summed E-state index contributed by atoms with van der Waals surface area (Å²) < 4.78 is 5.59. The Kier molecular flexibility index (Phi) is 5.38. The van der Waals surface area contributed by atoms with Crippen LogP contribution in [0.2, 0.25) is 0 Å². The van der Waals surface area contributed by atoms with Gasteiger partial charge in [0.1, 0.15) is 0 Å². The van der Waals surface area contributed by atoms with Crippen LogP contribution in [-0.2, 0) is 11.2 Å². The van der Waals surface area contributed by atoms with Crippen molar-refractivity contribution >= 4 is 0 Å². The summed E-state index contributed by atoms with van der Waals surface area (Å²) in [7, 11) is 0. The molecule has 1 aliphatic rings. The zero-order chi connectivity index (χ0) is 14.5. The van der Waals surface area contributed by atoms with Gasteiger partial charge in [-0.15, -0.1) is 0 Å². The number of aromatic nitrogens is 1. The number of aromatic amines is 1. The van der Waals surface area contributed by atoms with Gasteiger partial charge in [-0.3, -0.25) is 4.79 Å². The second-order valence-electron chi connectivity index (χ2n) is 5.88. The Labute approximate surface area is 120 Å². The Morgan fingerprint density at radius 2 is 2.25 bits per heavy atom. The fourth-order valence-corrected chi connectivity index (χ4v) is 2.81. The van der Waals surface area contributed by atoms with E-state index in [2.05, 4.69) is 24.1 Å². The smallest absolute Gasteiger partial charge is 0.248 e. The van der Waals surface area contributed by atoms with Gasteiger partial charge in [-0.25, -0.2) is 0 Å². The first-order chi connectivity index (χ1) is 9.61. The Balaban J connectivity index is 2.12. The van der Waals surface area contributed by atoms with Gasteiger partial charge in [0.15, 0.2) is 0 Å². The van der Waals surface area contributed by atoms with Crippen LogP contribution in [0.5, 0.6) is 0 Å². The van der Waals surface area contributed by atoms with Gasteiger partial charge in [0, 0.05) is 30.5 Å². The molecule has 1 aliphatic carbocycles. The molecule has 0 spiro atoms. The van der Waals surface area contributed by atoms with Crippen LogP contribution in [0.3, 0.4) is 0 Å². The lowest BCUT2D eigenvalue weighted by atomic mass is 9.90. The van der Waals surface area contributed by atoms with Crippen molar-refractivity contribution in [1.29, 1.82) is 0 Å². The van der Waals surface area contributed by atoms with Gasteiger partial charge in [-0.2, -0.15) is 0 Å². The molecule has 0 amide bonds. The number of fused-ring (bicyclic) bond motifs is 1. The molecule has 4 heteroatoms. The molecular formula is C16H26N2O2. The molecule has 2 atom stereocenters. The van der Waals surface area contributed by atoms with Crippen LogP contribution in [0.15, 0.2) is 16.9 Å². The minimum Gasteiger partial charge on any atom is -0.380 e. The van der Waals surface area contributed by atoms with E-state index in [9.17, 15) is 4.79 Å². The fourth-order valence-electron chi connectivity index (χ4n) is 2.81. The summed E-state index contributed by atoms with van der Waals surface area (Å²) in [6, 6.07) is 4.27. The maximum atomic E-state index is 11.4. The molecule has 0 aromatic carbocycles. The third-order valence-electron chi connectivity index (χ3n) is 4.05. The highest BCUT2D eigenvalue weighted by molar-refractivity contribution is 5.26. The van der Waals surface area contributed by atoms with Gasteiger partial charge in [-0.1, -0.05) is 19.9 Å². The van der Waals surface area contributed by atoms with Gasteiger partial charge < -0.3 is 15.0 Å². The van der Waals surface area contributed by atoms with Crippen LogP contribution < -0.4 is 10.9 Å². The molecule has 1 aromatic heterocycles. The first kappa shape index (κ1) is 15.3. The average Bonchev–Trinajstić information content (AvgIpc) is 2.42. The molecule has 2 unspecified atom stereocenters. The lowest BCUT2D eigenvalue weighted by Gasteiger charge is -2.32. The first-order valence-corrected chi connectivity index (χ1v) is 7.67. The Morgan fingerprint density at radius 1 is 1.45 bits per heavy atom. The normalized spacial score (nSPS) is 19.9. The summed E-state index contributed by atoms with van der Waals surface area (Å²) in [6.45, 7) is 7.95. The van der Waals surface area contributed by atoms with Gasteiger partial charge in [0.05, 0.1) is 6.61 Å². The predicted molar refractivity (Wildman–Crippen MR) is 81.0 cm³/mol. The molecule has 4 nitrogen and oxygen atoms in total. The molecule has 2 rings (SSSR count). The average molecular weight is 278 g/mol. The van der Waals surface area contributed by atoms with E-state index in [0.29, 0.717) is 18.0 Å². The molecule has 0 fully saturated rings. The number of aryl methyl sites for hydroxylation is 1. The van der Waals surface area contributed by atoms with Gasteiger partial charge in [0.25, 0.3) is 0 Å². The van der Waals surface area contributed by atoms with E-state index in [1.54, 1.807) is 6.07 Å². The van der Waals surface area contributed by atoms with Crippen molar-refractivity contribution in [3.05, 3.63) is 33.7 Å². The molecule has 1 heterocycles. The molecule has 0 aliphatic heterocycles. The van der Waals surface area contributed by atoms with Crippen LogP contribution >= 0.6 is 0 Å². The standard InChI is InChI=1S/C16H26N2O2/c1-4-20-10-15(11(2)3)17-13-6-5-7-14-12(13)8-9-16(19)18-14/h8-9,11,13,15,17H,4-7,10H2,1-3H3,(H,18,19). The van der Waals surface area contributed by atoms with Crippen molar-refractivity contribution in [3.63, 3.8) is 0 Å². The summed E-state index contributed by atoms with van der Waals surface area (Å²) in [4.78, 5) is 14.4. The molecule has 0 saturated carbocycles. The van der Waals surface area contributed by atoms with Crippen LogP contribution in [0.25, 0.3) is 0 Å². The molecule has 2 N–H and O–H groups in total. The highest BCUT2D eigenvalue weighted by atomic mass is 16.5. The highest BCUT2D eigenvalue weighted by Gasteiger charge is 2.24. The zero-order valence-corrected chi connectivity index (χ0v) is 12.7. The number of pyridine rings is 1. The number of hydrogen-bond donors (Lipinski definition) is 2. The van der Waals surface area contributed by atoms with Crippen LogP contribution in [0, 0.1) is 5.92 Å². The molecular weight excluding hydrogens is 252 g/mol. The number of nitrogens with one attached hydrogen (secondary N) is 2. The van der Waals surface area contributed by atoms with Crippen molar-refractivity contribution in [2.24, 2.45) is 5.92 Å². The predicted octanol–water partition coefficient (Wildman–Crippen LogP) is 2.40. The Bertz CT molecular complexity index is 482. The molecule has 0 bridgehead atoms. The number of hydrogen-bond acceptors (Lipinski definition) is 3. The van der Waals surface area contributed by atoms with Crippen molar-refractivity contribution in [2.75, 3.05) is 13.2 Å². The monoisotopic (exact) mass is 278 g/mol. The quantitative estimate of drug-likeness (QED) is 0.840. The fraction of sp³-hybridized carbons (Fsp3) is 0.688. The largest absolute Gasteiger partial charge is 0.380 e. The lowest BCUT2D eigenvalue weighted by Crippen LogP contribution is -2.41. The number of rotatable bonds is 6. The second kappa shape index (κ2) is 7.04. The third kappa shape index (κ3) is 3.70. The SMILES string of the molecule is CCOCC(NC1CCCc2[nH]c(=O)ccc21)C(C)C. The third-order valence-corrected chi connectivity index (χ3v) is 4.05. The van der Waals surface area contributed by atoms with Crippen molar-refractivity contribution < 1.29 is 4.74 Å². The first-order valence-electron chi connectivity index (χ1n) is 7.67. The van der Waals surface area contributed by atoms with Gasteiger partial charge in [0.2, 0.25) is 5.56 Å². The lowest BCUT2D eigenvalue weighted by molar-refractivity contribution is 0.102. The van der Waals surface area contributed by atoms with E-state index in [-0.39, 0.29) is 5.56 Å². The van der Waals surface area contributed by atoms with Crippen molar-refractivity contribution in [3.8, 4) is 0 Å². The number of ether oxygens (including phenoxy) is 1. The zero-order valence-electron chi connectivity index (χ0n) is 12.7. The van der Waals surface area contributed by atoms with E-state index >= 15 is 0 Å². The van der Waals surface area contributed by atoms with Crippen molar-refractivity contribution in [1.82, 2.24) is 10.3 Å². The van der Waals surface area contributed by atoms with Gasteiger partial charge in [-0.05, 0) is 37.7 Å². The Morgan fingerprint density at radius 3 is 2.95 bits per heavy atom. The highest BCUT2D eigenvalue weighted by Crippen LogP contribution is 2.28. The molecule has 20 heavy (non-hydrogen) atoms. The summed E-state index contributed by atoms with van der Waals surface area (Å²) in [5, 5.41) is 3.72. The van der Waals surface area contributed by atoms with Crippen LogP contribution in [0.4, 0.5) is 0 Å². The van der Waals surface area contributed by atoms with Crippen LogP contribution in [0.1, 0.15) is 50.9 Å².